The third kappa shape index (κ3) is 5.61. The topological polar surface area (TPSA) is 154 Å². The van der Waals surface area contributed by atoms with Gasteiger partial charge in [-0.15, -0.1) is 0 Å². The van der Waals surface area contributed by atoms with E-state index in [0.717, 1.165) is 35.0 Å². The summed E-state index contributed by atoms with van der Waals surface area (Å²) in [5.41, 5.74) is 2.08. The number of methoxy groups -OCH3 is 1. The molecule has 14 heteroatoms. The number of amides is 2. The Balaban J connectivity index is 1.57. The molecule has 0 bridgehead atoms. The molecule has 0 aromatic heterocycles. The molecule has 1 saturated heterocycles. The quantitative estimate of drug-likeness (QED) is 0.177. The number of carbonyl (C=O) groups excluding carboxylic acids is 2. The molecule has 0 aliphatic carbocycles. The van der Waals surface area contributed by atoms with Crippen LogP contribution in [-0.4, -0.2) is 38.1 Å². The van der Waals surface area contributed by atoms with E-state index in [2.05, 4.69) is 5.43 Å². The fraction of sp³-hybridized carbons (Fsp3) is 0.0417. The van der Waals surface area contributed by atoms with Crippen LogP contribution in [0.5, 0.6) is 17.2 Å². The first-order chi connectivity index (χ1) is 18.2. The number of rotatable bonds is 8. The van der Waals surface area contributed by atoms with Crippen LogP contribution in [-0.2, 0) is 4.79 Å². The summed E-state index contributed by atoms with van der Waals surface area (Å²) in [6, 6.07) is 15.7. The molecule has 0 spiro atoms. The number of nitrogens with zero attached hydrogens (tertiary/aromatic N) is 3. The molecule has 0 atom stereocenters. The zero-order chi connectivity index (χ0) is 27.4. The summed E-state index contributed by atoms with van der Waals surface area (Å²) >= 11 is 6.21. The molecular formula is C24H16N4O8S2. The number of ether oxygens (including phenoxy) is 2. The van der Waals surface area contributed by atoms with Crippen molar-refractivity contribution in [3.63, 3.8) is 0 Å². The lowest BCUT2D eigenvalue weighted by Crippen LogP contribution is -2.44. The number of hydrazine groups is 1. The Kier molecular flexibility index (Phi) is 7.64. The van der Waals surface area contributed by atoms with Crippen molar-refractivity contribution in [3.8, 4) is 17.2 Å². The number of hydrogen-bond acceptors (Lipinski definition) is 10. The van der Waals surface area contributed by atoms with E-state index < -0.39 is 33.0 Å². The van der Waals surface area contributed by atoms with Crippen LogP contribution in [0.2, 0.25) is 0 Å². The smallest absolute Gasteiger partial charge is 0.318 e. The number of nitrogens with one attached hydrogen (secondary N) is 1. The minimum Gasteiger partial charge on any atom is -0.497 e. The summed E-state index contributed by atoms with van der Waals surface area (Å²) in [5, 5.41) is 23.4. The maximum atomic E-state index is 13.0. The second kappa shape index (κ2) is 11.1. The van der Waals surface area contributed by atoms with Gasteiger partial charge in [-0.2, -0.15) is 5.01 Å². The second-order valence-electron chi connectivity index (χ2n) is 7.49. The summed E-state index contributed by atoms with van der Waals surface area (Å²) in [5.74, 6) is -0.648. The van der Waals surface area contributed by atoms with E-state index in [-0.39, 0.29) is 26.3 Å². The van der Waals surface area contributed by atoms with E-state index in [9.17, 15) is 29.8 Å². The fourth-order valence-electron chi connectivity index (χ4n) is 3.27. The summed E-state index contributed by atoms with van der Waals surface area (Å²) < 4.78 is 10.9. The predicted octanol–water partition coefficient (Wildman–Crippen LogP) is 4.85. The Morgan fingerprint density at radius 3 is 2.39 bits per heavy atom. The van der Waals surface area contributed by atoms with Crippen LogP contribution >= 0.6 is 24.0 Å². The number of hydrogen-bond donors (Lipinski definition) is 1. The van der Waals surface area contributed by atoms with E-state index in [4.69, 9.17) is 21.7 Å². The van der Waals surface area contributed by atoms with E-state index in [1.54, 1.807) is 30.3 Å². The van der Waals surface area contributed by atoms with Crippen LogP contribution in [0.4, 0.5) is 11.4 Å². The number of thioether (sulfide) groups is 1. The molecule has 0 unspecified atom stereocenters. The maximum absolute atomic E-state index is 13.0. The minimum absolute atomic E-state index is 0.0903. The van der Waals surface area contributed by atoms with Crippen molar-refractivity contribution in [2.75, 3.05) is 7.11 Å². The fourth-order valence-corrected chi connectivity index (χ4v) is 4.44. The molecule has 192 valence electrons. The van der Waals surface area contributed by atoms with Gasteiger partial charge in [-0.1, -0.05) is 30.0 Å². The third-order valence-electron chi connectivity index (χ3n) is 5.13. The van der Waals surface area contributed by atoms with Gasteiger partial charge in [-0.05, 0) is 54.7 Å². The lowest BCUT2D eigenvalue weighted by atomic mass is 10.1. The Hall–Kier alpha value is -4.82. The highest BCUT2D eigenvalue weighted by atomic mass is 32.2. The number of benzene rings is 3. The lowest BCUT2D eigenvalue weighted by molar-refractivity contribution is -0.394. The summed E-state index contributed by atoms with van der Waals surface area (Å²) in [4.78, 5) is 46.7. The average molecular weight is 553 g/mol. The van der Waals surface area contributed by atoms with Crippen molar-refractivity contribution in [1.82, 2.24) is 10.4 Å². The number of non-ortho nitro benzene ring substituents is 1. The van der Waals surface area contributed by atoms with Gasteiger partial charge >= 0.3 is 5.69 Å². The highest BCUT2D eigenvalue weighted by Gasteiger charge is 2.34. The molecule has 0 saturated carbocycles. The normalized spacial score (nSPS) is 13.9. The average Bonchev–Trinajstić information content (AvgIpc) is 3.17. The number of nitro groups is 2. The van der Waals surface area contributed by atoms with Gasteiger partial charge < -0.3 is 9.47 Å². The Morgan fingerprint density at radius 2 is 1.74 bits per heavy atom. The molecule has 1 aliphatic heterocycles. The van der Waals surface area contributed by atoms with Crippen LogP contribution in [0.1, 0.15) is 15.9 Å². The molecule has 1 fully saturated rings. The number of para-hydroxylation sites is 1. The van der Waals surface area contributed by atoms with Gasteiger partial charge in [0.15, 0.2) is 4.32 Å². The van der Waals surface area contributed by atoms with Gasteiger partial charge in [0.1, 0.15) is 11.5 Å². The molecule has 38 heavy (non-hydrogen) atoms. The SMILES string of the molecule is COc1ccc(C(=O)NN2C(=O)/C(=C\c3ccccc3Oc3ccc([N+](=O)[O-])cc3[N+](=O)[O-])SC2=S)cc1. The predicted molar refractivity (Wildman–Crippen MR) is 142 cm³/mol. The van der Waals surface area contributed by atoms with E-state index in [1.165, 1.54) is 31.4 Å². The first-order valence-corrected chi connectivity index (χ1v) is 11.8. The van der Waals surface area contributed by atoms with Crippen LogP contribution < -0.4 is 14.9 Å². The van der Waals surface area contributed by atoms with Gasteiger partial charge in [-0.3, -0.25) is 35.2 Å². The van der Waals surface area contributed by atoms with Crippen LogP contribution in [0.15, 0.2) is 71.6 Å². The van der Waals surface area contributed by atoms with E-state index in [1.807, 2.05) is 0 Å². The molecule has 3 aromatic rings. The largest absolute Gasteiger partial charge is 0.497 e. The Bertz CT molecular complexity index is 1510. The standard InChI is InChI=1S/C24H16N4O8S2/c1-35-17-9-6-14(7-10-17)22(29)25-26-23(30)21(38-24(26)37)12-15-4-2-3-5-19(15)36-20-11-8-16(27(31)32)13-18(20)28(33)34/h2-13H,1H3,(H,25,29)/b21-12+. The van der Waals surface area contributed by atoms with Gasteiger partial charge in [0, 0.05) is 17.2 Å². The van der Waals surface area contributed by atoms with Gasteiger partial charge in [0.05, 0.1) is 27.9 Å². The Morgan fingerprint density at radius 1 is 1.03 bits per heavy atom. The maximum Gasteiger partial charge on any atom is 0.318 e. The van der Waals surface area contributed by atoms with Crippen molar-refractivity contribution in [2.45, 2.75) is 0 Å². The first-order valence-electron chi connectivity index (χ1n) is 10.6. The molecule has 1 aliphatic rings. The molecule has 4 rings (SSSR count). The van der Waals surface area contributed by atoms with E-state index >= 15 is 0 Å². The van der Waals surface area contributed by atoms with Crippen LogP contribution in [0.25, 0.3) is 6.08 Å². The van der Waals surface area contributed by atoms with Crippen LogP contribution in [0.3, 0.4) is 0 Å². The van der Waals surface area contributed by atoms with Crippen molar-refractivity contribution < 1.29 is 28.9 Å². The van der Waals surface area contributed by atoms with Crippen LogP contribution in [0, 0.1) is 20.2 Å². The molecule has 2 amide bonds. The summed E-state index contributed by atoms with van der Waals surface area (Å²) in [6.07, 6.45) is 1.46. The molecule has 0 radical (unpaired) electrons. The number of carbonyl (C=O) groups is 2. The highest BCUT2D eigenvalue weighted by molar-refractivity contribution is 8.26. The van der Waals surface area contributed by atoms with Gasteiger partial charge in [-0.25, -0.2) is 0 Å². The zero-order valence-electron chi connectivity index (χ0n) is 19.4. The number of thiocarbonyl (C=S) groups is 1. The minimum atomic E-state index is -0.790. The molecular weight excluding hydrogens is 536 g/mol. The second-order valence-corrected chi connectivity index (χ2v) is 9.17. The van der Waals surface area contributed by atoms with Crippen molar-refractivity contribution in [3.05, 3.63) is 103 Å². The van der Waals surface area contributed by atoms with Crippen molar-refractivity contribution in [1.29, 1.82) is 0 Å². The lowest BCUT2D eigenvalue weighted by Gasteiger charge is -2.15. The number of nitro benzene ring substituents is 2. The monoisotopic (exact) mass is 552 g/mol. The first kappa shape index (κ1) is 26.2. The van der Waals surface area contributed by atoms with Gasteiger partial charge in [0.25, 0.3) is 17.5 Å². The summed E-state index contributed by atoms with van der Waals surface area (Å²) in [7, 11) is 1.50. The molecule has 3 aromatic carbocycles. The third-order valence-corrected chi connectivity index (χ3v) is 6.44. The van der Waals surface area contributed by atoms with Crippen molar-refractivity contribution >= 4 is 57.6 Å². The zero-order valence-corrected chi connectivity index (χ0v) is 21.0. The molecule has 12 nitrogen and oxygen atoms in total. The van der Waals surface area contributed by atoms with E-state index in [0.29, 0.717) is 11.3 Å². The molecule has 1 N–H and O–H groups in total. The molecule has 1 heterocycles. The van der Waals surface area contributed by atoms with Crippen molar-refractivity contribution in [2.24, 2.45) is 0 Å². The summed E-state index contributed by atoms with van der Waals surface area (Å²) in [6.45, 7) is 0. The Labute approximate surface area is 224 Å². The highest BCUT2D eigenvalue weighted by Crippen LogP contribution is 2.38. The van der Waals surface area contributed by atoms with Gasteiger partial charge in [0.2, 0.25) is 5.75 Å².